The molecule has 0 aliphatic heterocycles. The number of carbonyl (C=O) groups excluding carboxylic acids is 2. The summed E-state index contributed by atoms with van der Waals surface area (Å²) in [6.45, 7) is 2.08. The lowest BCUT2D eigenvalue weighted by Crippen LogP contribution is -2.40. The summed E-state index contributed by atoms with van der Waals surface area (Å²) in [5.74, 6) is 0.0523. The van der Waals surface area contributed by atoms with Crippen LogP contribution in [0, 0.1) is 0 Å². The Labute approximate surface area is 152 Å². The van der Waals surface area contributed by atoms with Crippen molar-refractivity contribution in [3.8, 4) is 11.5 Å². The molecule has 0 radical (unpaired) electrons. The number of carbonyl (C=O) groups is 2. The lowest BCUT2D eigenvalue weighted by molar-refractivity contribution is -0.117. The number of hydrazine groups is 1. The Morgan fingerprint density at radius 1 is 0.962 bits per heavy atom. The molecule has 0 saturated carbocycles. The zero-order valence-electron chi connectivity index (χ0n) is 15.0. The Hall–Kier alpha value is -3.28. The van der Waals surface area contributed by atoms with Crippen LogP contribution in [0.25, 0.3) is 6.08 Å². The van der Waals surface area contributed by atoms with E-state index in [1.807, 2.05) is 24.3 Å². The van der Waals surface area contributed by atoms with Gasteiger partial charge in [-0.25, -0.2) is 0 Å². The largest absolute Gasteiger partial charge is 0.497 e. The van der Waals surface area contributed by atoms with Crippen molar-refractivity contribution in [2.75, 3.05) is 14.2 Å². The predicted molar refractivity (Wildman–Crippen MR) is 100 cm³/mol. The van der Waals surface area contributed by atoms with Crippen LogP contribution in [0.2, 0.25) is 0 Å². The van der Waals surface area contributed by atoms with Gasteiger partial charge in [0.25, 0.3) is 11.8 Å². The van der Waals surface area contributed by atoms with Gasteiger partial charge in [0.1, 0.15) is 11.5 Å². The summed E-state index contributed by atoms with van der Waals surface area (Å²) in [7, 11) is 2.99. The molecule has 0 heterocycles. The zero-order chi connectivity index (χ0) is 18.9. The van der Waals surface area contributed by atoms with E-state index < -0.39 is 11.8 Å². The van der Waals surface area contributed by atoms with Crippen molar-refractivity contribution in [1.29, 1.82) is 0 Å². The van der Waals surface area contributed by atoms with Gasteiger partial charge in [-0.2, -0.15) is 0 Å². The molecule has 2 rings (SSSR count). The van der Waals surface area contributed by atoms with Crippen molar-refractivity contribution in [3.63, 3.8) is 0 Å². The Bertz CT molecular complexity index is 776. The fourth-order valence-corrected chi connectivity index (χ4v) is 2.21. The highest BCUT2D eigenvalue weighted by atomic mass is 16.5. The number of aryl methyl sites for hydroxylation is 1. The first kappa shape index (κ1) is 19.1. The Morgan fingerprint density at radius 2 is 1.58 bits per heavy atom. The van der Waals surface area contributed by atoms with Crippen LogP contribution in [0.5, 0.6) is 11.5 Å². The van der Waals surface area contributed by atoms with Gasteiger partial charge in [-0.05, 0) is 35.8 Å². The van der Waals surface area contributed by atoms with E-state index >= 15 is 0 Å². The van der Waals surface area contributed by atoms with Gasteiger partial charge in [-0.1, -0.05) is 31.2 Å². The van der Waals surface area contributed by atoms with Crippen LogP contribution >= 0.6 is 0 Å². The molecule has 0 aromatic heterocycles. The lowest BCUT2D eigenvalue weighted by atomic mass is 10.1. The molecule has 0 aliphatic rings. The number of methoxy groups -OCH3 is 2. The van der Waals surface area contributed by atoms with E-state index in [0.717, 1.165) is 12.0 Å². The summed E-state index contributed by atoms with van der Waals surface area (Å²) in [5.41, 5.74) is 7.14. The quantitative estimate of drug-likeness (QED) is 0.618. The first-order chi connectivity index (χ1) is 12.5. The van der Waals surface area contributed by atoms with Crippen LogP contribution in [0.3, 0.4) is 0 Å². The molecular weight excluding hydrogens is 332 g/mol. The van der Waals surface area contributed by atoms with Gasteiger partial charge in [0.2, 0.25) is 0 Å². The maximum atomic E-state index is 12.2. The topological polar surface area (TPSA) is 76.7 Å². The molecule has 6 heteroatoms. The van der Waals surface area contributed by atoms with Crippen molar-refractivity contribution < 1.29 is 19.1 Å². The molecule has 0 spiro atoms. The fourth-order valence-electron chi connectivity index (χ4n) is 2.21. The summed E-state index contributed by atoms with van der Waals surface area (Å²) in [5, 5.41) is 0. The second-order valence-electron chi connectivity index (χ2n) is 5.47. The van der Waals surface area contributed by atoms with E-state index in [9.17, 15) is 9.59 Å². The summed E-state index contributed by atoms with van der Waals surface area (Å²) >= 11 is 0. The summed E-state index contributed by atoms with van der Waals surface area (Å²) in [4.78, 5) is 24.0. The predicted octanol–water partition coefficient (Wildman–Crippen LogP) is 2.74. The molecule has 6 nitrogen and oxygen atoms in total. The first-order valence-corrected chi connectivity index (χ1v) is 8.16. The number of benzene rings is 2. The third-order valence-electron chi connectivity index (χ3n) is 3.73. The molecule has 0 saturated heterocycles. The minimum atomic E-state index is -0.476. The number of hydrogen-bond acceptors (Lipinski definition) is 4. The third-order valence-corrected chi connectivity index (χ3v) is 3.73. The molecule has 2 N–H and O–H groups in total. The molecular formula is C20H22N2O4. The monoisotopic (exact) mass is 354 g/mol. The molecule has 0 unspecified atom stereocenters. The van der Waals surface area contributed by atoms with Crippen molar-refractivity contribution in [1.82, 2.24) is 10.9 Å². The van der Waals surface area contributed by atoms with E-state index in [1.165, 1.54) is 25.9 Å². The molecule has 2 aromatic carbocycles. The standard InChI is InChI=1S/C20H22N2O4/c1-4-14-5-7-15(8-6-14)9-10-19(23)21-22-20(24)16-11-17(25-2)13-18(12-16)26-3/h5-13H,4H2,1-3H3,(H,21,23)(H,22,24)/b10-9+. The van der Waals surface area contributed by atoms with Crippen molar-refractivity contribution in [3.05, 3.63) is 65.2 Å². The number of rotatable bonds is 6. The highest BCUT2D eigenvalue weighted by Crippen LogP contribution is 2.22. The van der Waals surface area contributed by atoms with Gasteiger partial charge < -0.3 is 9.47 Å². The average Bonchev–Trinajstić information content (AvgIpc) is 2.70. The normalized spacial score (nSPS) is 10.4. The molecule has 2 amide bonds. The van der Waals surface area contributed by atoms with E-state index in [2.05, 4.69) is 17.8 Å². The van der Waals surface area contributed by atoms with Crippen LogP contribution in [0.1, 0.15) is 28.4 Å². The Morgan fingerprint density at radius 3 is 2.12 bits per heavy atom. The molecule has 2 aromatic rings. The van der Waals surface area contributed by atoms with Crippen molar-refractivity contribution in [2.45, 2.75) is 13.3 Å². The fraction of sp³-hybridized carbons (Fsp3) is 0.200. The van der Waals surface area contributed by atoms with Crippen LogP contribution in [0.15, 0.2) is 48.5 Å². The van der Waals surface area contributed by atoms with Crippen LogP contribution < -0.4 is 20.3 Å². The van der Waals surface area contributed by atoms with E-state index in [4.69, 9.17) is 9.47 Å². The summed E-state index contributed by atoms with van der Waals surface area (Å²) < 4.78 is 10.2. The second-order valence-corrected chi connectivity index (χ2v) is 5.47. The average molecular weight is 354 g/mol. The SMILES string of the molecule is CCc1ccc(/C=C/C(=O)NNC(=O)c2cc(OC)cc(OC)c2)cc1. The Balaban J connectivity index is 1.93. The van der Waals surface area contributed by atoms with Crippen molar-refractivity contribution >= 4 is 17.9 Å². The smallest absolute Gasteiger partial charge is 0.269 e. The maximum Gasteiger partial charge on any atom is 0.269 e. The molecule has 0 aliphatic carbocycles. The van der Waals surface area contributed by atoms with Crippen LogP contribution in [-0.2, 0) is 11.2 Å². The van der Waals surface area contributed by atoms with Crippen LogP contribution in [0.4, 0.5) is 0 Å². The molecule has 0 atom stereocenters. The van der Waals surface area contributed by atoms with Gasteiger partial charge in [-0.3, -0.25) is 20.4 Å². The minimum absolute atomic E-state index is 0.306. The minimum Gasteiger partial charge on any atom is -0.497 e. The molecule has 136 valence electrons. The van der Waals surface area contributed by atoms with Crippen LogP contribution in [-0.4, -0.2) is 26.0 Å². The molecule has 0 bridgehead atoms. The maximum absolute atomic E-state index is 12.2. The molecule has 26 heavy (non-hydrogen) atoms. The van der Waals surface area contributed by atoms with Gasteiger partial charge in [0.05, 0.1) is 14.2 Å². The number of nitrogens with one attached hydrogen (secondary N) is 2. The van der Waals surface area contributed by atoms with Gasteiger partial charge >= 0.3 is 0 Å². The van der Waals surface area contributed by atoms with Crippen molar-refractivity contribution in [2.24, 2.45) is 0 Å². The highest BCUT2D eigenvalue weighted by Gasteiger charge is 2.10. The summed E-state index contributed by atoms with van der Waals surface area (Å²) in [6, 6.07) is 12.6. The first-order valence-electron chi connectivity index (χ1n) is 8.16. The summed E-state index contributed by atoms with van der Waals surface area (Å²) in [6.07, 6.45) is 3.99. The Kier molecular flexibility index (Phi) is 6.79. The number of hydrogen-bond donors (Lipinski definition) is 2. The second kappa shape index (κ2) is 9.27. The zero-order valence-corrected chi connectivity index (χ0v) is 15.0. The van der Waals surface area contributed by atoms with Gasteiger partial charge in [0.15, 0.2) is 0 Å². The lowest BCUT2D eigenvalue weighted by Gasteiger charge is -2.09. The number of ether oxygens (including phenoxy) is 2. The number of amides is 2. The third kappa shape index (κ3) is 5.37. The van der Waals surface area contributed by atoms with E-state index in [1.54, 1.807) is 24.3 Å². The van der Waals surface area contributed by atoms with Gasteiger partial charge in [-0.15, -0.1) is 0 Å². The van der Waals surface area contributed by atoms with E-state index in [-0.39, 0.29) is 0 Å². The highest BCUT2D eigenvalue weighted by molar-refractivity contribution is 5.98. The molecule has 0 fully saturated rings. The van der Waals surface area contributed by atoms with E-state index in [0.29, 0.717) is 17.1 Å². The van der Waals surface area contributed by atoms with Gasteiger partial charge in [0, 0.05) is 17.7 Å².